The fraction of sp³-hybridized carbons (Fsp3) is 0.360. The normalized spacial score (nSPS) is 17.8. The molecule has 1 aliphatic heterocycles. The number of fused-ring (bicyclic) bond motifs is 1. The van der Waals surface area contributed by atoms with Crippen molar-refractivity contribution < 1.29 is 23.0 Å². The average molecular weight is 499 g/mol. The molecule has 0 bridgehead atoms. The monoisotopic (exact) mass is 498 g/mol. The van der Waals surface area contributed by atoms with E-state index in [9.17, 15) is 18.3 Å². The van der Waals surface area contributed by atoms with Gasteiger partial charge >= 0.3 is 0 Å². The van der Waals surface area contributed by atoms with Gasteiger partial charge in [-0.3, -0.25) is 0 Å². The lowest BCUT2D eigenvalue weighted by Gasteiger charge is -2.45. The van der Waals surface area contributed by atoms with Gasteiger partial charge in [-0.05, 0) is 63.4 Å². The van der Waals surface area contributed by atoms with Crippen LogP contribution in [0, 0.1) is 24.4 Å². The number of hydrogen-bond acceptors (Lipinski definition) is 6. The molecule has 1 aromatic carbocycles. The molecule has 0 saturated carbocycles. The Labute approximate surface area is 205 Å². The van der Waals surface area contributed by atoms with E-state index in [1.54, 1.807) is 35.4 Å². The standard InChI is InChI=1S/C25H25F3N6O2/c1-14-12-33(13-29-14)19-7-6-18(30-22(19)36-4)21-31-32-23-25(24(2,3)35,8-5-9-34(21)23)15-10-16(26)20(28)17(27)11-15/h6-7,10-13,35H,5,8-9H2,1-4H3. The Balaban J connectivity index is 1.67. The third kappa shape index (κ3) is 3.57. The van der Waals surface area contributed by atoms with Crippen molar-refractivity contribution >= 4 is 0 Å². The van der Waals surface area contributed by atoms with Crippen molar-refractivity contribution in [2.24, 2.45) is 0 Å². The largest absolute Gasteiger partial charge is 0.479 e. The second kappa shape index (κ2) is 8.44. The SMILES string of the molecule is COc1nc(-c2nnc3n2CCCC3(c2cc(F)c(F)c(F)c2)C(C)(C)O)ccc1-n1cnc(C)c1. The van der Waals surface area contributed by atoms with E-state index in [1.165, 1.54) is 7.11 Å². The van der Waals surface area contributed by atoms with E-state index in [0.717, 1.165) is 17.8 Å². The smallest absolute Gasteiger partial charge is 0.238 e. The van der Waals surface area contributed by atoms with Crippen LogP contribution in [0.2, 0.25) is 0 Å². The first-order chi connectivity index (χ1) is 17.1. The number of hydrogen-bond donors (Lipinski definition) is 1. The van der Waals surface area contributed by atoms with Gasteiger partial charge in [-0.15, -0.1) is 10.2 Å². The van der Waals surface area contributed by atoms with Gasteiger partial charge in [0.15, 0.2) is 23.3 Å². The maximum atomic E-state index is 14.3. The minimum Gasteiger partial charge on any atom is -0.479 e. The summed E-state index contributed by atoms with van der Waals surface area (Å²) in [6.45, 7) is 5.45. The van der Waals surface area contributed by atoms with Gasteiger partial charge in [-0.25, -0.2) is 23.1 Å². The average Bonchev–Trinajstić information content (AvgIpc) is 3.47. The molecule has 4 heterocycles. The Morgan fingerprint density at radius 2 is 1.83 bits per heavy atom. The molecule has 5 rings (SSSR count). The van der Waals surface area contributed by atoms with Gasteiger partial charge in [0, 0.05) is 12.7 Å². The minimum absolute atomic E-state index is 0.0858. The summed E-state index contributed by atoms with van der Waals surface area (Å²) in [5.74, 6) is -3.16. The highest BCUT2D eigenvalue weighted by atomic mass is 19.2. The maximum Gasteiger partial charge on any atom is 0.238 e. The van der Waals surface area contributed by atoms with Crippen LogP contribution in [0.25, 0.3) is 17.2 Å². The number of imidazole rings is 1. The van der Waals surface area contributed by atoms with E-state index in [2.05, 4.69) is 20.2 Å². The van der Waals surface area contributed by atoms with Crippen LogP contribution in [0.5, 0.6) is 5.88 Å². The molecule has 0 radical (unpaired) electrons. The summed E-state index contributed by atoms with van der Waals surface area (Å²) < 4.78 is 51.5. The zero-order valence-electron chi connectivity index (χ0n) is 20.3. The Hall–Kier alpha value is -3.73. The summed E-state index contributed by atoms with van der Waals surface area (Å²) in [4.78, 5) is 8.86. The molecular formula is C25H25F3N6O2. The fourth-order valence-electron chi connectivity index (χ4n) is 5.10. The molecule has 36 heavy (non-hydrogen) atoms. The molecule has 188 valence electrons. The zero-order valence-corrected chi connectivity index (χ0v) is 20.3. The molecule has 11 heteroatoms. The van der Waals surface area contributed by atoms with E-state index >= 15 is 0 Å². The molecule has 1 aliphatic rings. The third-order valence-electron chi connectivity index (χ3n) is 6.84. The number of nitrogens with zero attached hydrogens (tertiary/aromatic N) is 6. The van der Waals surface area contributed by atoms with Crippen LogP contribution >= 0.6 is 0 Å². The van der Waals surface area contributed by atoms with Crippen molar-refractivity contribution in [3.05, 3.63) is 71.3 Å². The highest BCUT2D eigenvalue weighted by Gasteiger charge is 2.52. The summed E-state index contributed by atoms with van der Waals surface area (Å²) in [7, 11) is 1.51. The molecule has 3 aromatic heterocycles. The Morgan fingerprint density at radius 3 is 2.44 bits per heavy atom. The predicted molar refractivity (Wildman–Crippen MR) is 124 cm³/mol. The first-order valence-electron chi connectivity index (χ1n) is 11.4. The lowest BCUT2D eigenvalue weighted by molar-refractivity contribution is -0.00484. The second-order valence-electron chi connectivity index (χ2n) is 9.47. The molecule has 0 saturated heterocycles. The van der Waals surface area contributed by atoms with Crippen LogP contribution in [-0.4, -0.2) is 47.1 Å². The highest BCUT2D eigenvalue weighted by Crippen LogP contribution is 2.48. The van der Waals surface area contributed by atoms with Crippen molar-refractivity contribution in [3.63, 3.8) is 0 Å². The van der Waals surface area contributed by atoms with Crippen LogP contribution < -0.4 is 4.74 Å². The number of halogens is 3. The van der Waals surface area contributed by atoms with Gasteiger partial charge in [-0.2, -0.15) is 0 Å². The highest BCUT2D eigenvalue weighted by molar-refractivity contribution is 5.57. The lowest BCUT2D eigenvalue weighted by Crippen LogP contribution is -2.52. The van der Waals surface area contributed by atoms with Gasteiger partial charge in [0.25, 0.3) is 0 Å². The third-order valence-corrected chi connectivity index (χ3v) is 6.84. The van der Waals surface area contributed by atoms with E-state index < -0.39 is 28.5 Å². The van der Waals surface area contributed by atoms with Crippen molar-refractivity contribution in [2.45, 2.75) is 51.2 Å². The summed E-state index contributed by atoms with van der Waals surface area (Å²) in [5, 5.41) is 20.0. The number of aryl methyl sites for hydroxylation is 1. The molecule has 4 aromatic rings. The Morgan fingerprint density at radius 1 is 1.11 bits per heavy atom. The van der Waals surface area contributed by atoms with Crippen LogP contribution in [0.1, 0.15) is 43.8 Å². The topological polar surface area (TPSA) is 90.9 Å². The number of methoxy groups -OCH3 is 1. The van der Waals surface area contributed by atoms with Crippen molar-refractivity contribution in [3.8, 4) is 23.1 Å². The van der Waals surface area contributed by atoms with Crippen LogP contribution in [0.3, 0.4) is 0 Å². The van der Waals surface area contributed by atoms with Crippen LogP contribution in [-0.2, 0) is 12.0 Å². The molecule has 8 nitrogen and oxygen atoms in total. The number of aromatic nitrogens is 6. The molecule has 0 aliphatic carbocycles. The molecule has 0 spiro atoms. The van der Waals surface area contributed by atoms with Crippen LogP contribution in [0.15, 0.2) is 36.8 Å². The van der Waals surface area contributed by atoms with Crippen LogP contribution in [0.4, 0.5) is 13.2 Å². The maximum absolute atomic E-state index is 14.3. The molecule has 1 unspecified atom stereocenters. The molecule has 0 amide bonds. The van der Waals surface area contributed by atoms with Crippen molar-refractivity contribution in [1.82, 2.24) is 29.3 Å². The molecule has 1 N–H and O–H groups in total. The van der Waals surface area contributed by atoms with Crippen molar-refractivity contribution in [1.29, 1.82) is 0 Å². The van der Waals surface area contributed by atoms with Gasteiger partial charge in [0.05, 0.1) is 30.1 Å². The number of aliphatic hydroxyl groups is 1. The molecule has 0 fully saturated rings. The summed E-state index contributed by atoms with van der Waals surface area (Å²) in [6.07, 6.45) is 4.38. The van der Waals surface area contributed by atoms with E-state index in [-0.39, 0.29) is 5.56 Å². The van der Waals surface area contributed by atoms with Gasteiger partial charge in [0.1, 0.15) is 17.2 Å². The quantitative estimate of drug-likeness (QED) is 0.417. The minimum atomic E-state index is -1.56. The molecular weight excluding hydrogens is 473 g/mol. The van der Waals surface area contributed by atoms with Crippen molar-refractivity contribution in [2.75, 3.05) is 7.11 Å². The number of rotatable bonds is 5. The summed E-state index contributed by atoms with van der Waals surface area (Å²) >= 11 is 0. The number of benzene rings is 1. The van der Waals surface area contributed by atoms with E-state index in [4.69, 9.17) is 4.74 Å². The number of pyridine rings is 1. The summed E-state index contributed by atoms with van der Waals surface area (Å²) in [6, 6.07) is 5.43. The molecule has 1 atom stereocenters. The lowest BCUT2D eigenvalue weighted by atomic mass is 9.64. The Bertz CT molecular complexity index is 1440. The van der Waals surface area contributed by atoms with Gasteiger partial charge in [-0.1, -0.05) is 0 Å². The van der Waals surface area contributed by atoms with Gasteiger partial charge < -0.3 is 19.0 Å². The van der Waals surface area contributed by atoms with Gasteiger partial charge in [0.2, 0.25) is 5.88 Å². The predicted octanol–water partition coefficient (Wildman–Crippen LogP) is 4.11. The zero-order chi connectivity index (χ0) is 25.8. The van der Waals surface area contributed by atoms with E-state index in [1.807, 2.05) is 19.2 Å². The van der Waals surface area contributed by atoms with E-state index in [0.29, 0.717) is 48.3 Å². The summed E-state index contributed by atoms with van der Waals surface area (Å²) in [5.41, 5.74) is -0.783. The fourth-order valence-corrected chi connectivity index (χ4v) is 5.10. The first kappa shape index (κ1) is 24.0. The number of ether oxygens (including phenoxy) is 1. The Kier molecular flexibility index (Phi) is 5.62. The first-order valence-corrected chi connectivity index (χ1v) is 11.4. The second-order valence-corrected chi connectivity index (χ2v) is 9.47.